The van der Waals surface area contributed by atoms with Crippen LogP contribution >= 0.6 is 15.9 Å². The van der Waals surface area contributed by atoms with Gasteiger partial charge < -0.3 is 34.8 Å². The van der Waals surface area contributed by atoms with Gasteiger partial charge in [-0.2, -0.15) is 0 Å². The molecule has 6 aromatic rings. The predicted molar refractivity (Wildman–Crippen MR) is 150 cm³/mol. The van der Waals surface area contributed by atoms with Crippen LogP contribution in [0.15, 0.2) is 99.9 Å². The first-order valence-electron chi connectivity index (χ1n) is 11.6. The molecule has 0 aliphatic rings. The summed E-state index contributed by atoms with van der Waals surface area (Å²) < 4.78 is 6.90. The summed E-state index contributed by atoms with van der Waals surface area (Å²) in [6, 6.07) is 28.2. The molecule has 6 rings (SSSR count). The Bertz CT molecular complexity index is 1800. The molecule has 0 aliphatic carbocycles. The number of benzene rings is 5. The molecule has 5 N–H and O–H groups in total. The fraction of sp³-hybridized carbons (Fsp3) is 0. The summed E-state index contributed by atoms with van der Waals surface area (Å²) >= 11 is 3.55. The molecule has 7 nitrogen and oxygen atoms in total. The largest absolute Gasteiger partial charge is 0.503 e. The number of phenols is 5. The van der Waals surface area contributed by atoms with Crippen LogP contribution in [0.25, 0.3) is 33.1 Å². The highest BCUT2D eigenvalue weighted by molar-refractivity contribution is 9.10. The van der Waals surface area contributed by atoms with Crippen LogP contribution in [0.3, 0.4) is 0 Å². The Morgan fingerprint density at radius 2 is 1.16 bits per heavy atom. The number of para-hydroxylation sites is 1. The van der Waals surface area contributed by atoms with E-state index in [1.165, 1.54) is 4.90 Å². The summed E-state index contributed by atoms with van der Waals surface area (Å²) in [5, 5.41) is 54.3. The molecule has 0 unspecified atom stereocenters. The normalized spacial score (nSPS) is 11.3. The van der Waals surface area contributed by atoms with E-state index < -0.39 is 28.7 Å². The lowest BCUT2D eigenvalue weighted by Crippen LogP contribution is -2.11. The summed E-state index contributed by atoms with van der Waals surface area (Å²) in [4.78, 5) is 1.45. The minimum atomic E-state index is -1.04. The molecule has 0 saturated heterocycles. The van der Waals surface area contributed by atoms with E-state index in [0.29, 0.717) is 27.0 Å². The average molecular weight is 570 g/mol. The Labute approximate surface area is 224 Å². The fourth-order valence-corrected chi connectivity index (χ4v) is 5.09. The van der Waals surface area contributed by atoms with Gasteiger partial charge in [0.2, 0.25) is 17.2 Å². The monoisotopic (exact) mass is 569 g/mol. The van der Waals surface area contributed by atoms with E-state index in [1.54, 1.807) is 18.2 Å². The zero-order valence-corrected chi connectivity index (χ0v) is 21.2. The number of phenolic OH excluding ortho intramolecular Hbond substituents is 5. The van der Waals surface area contributed by atoms with Crippen LogP contribution in [-0.4, -0.2) is 25.5 Å². The number of rotatable bonds is 4. The standard InChI is InChI=1S/C30H20BrNO6/c31-18-14-21-20-8-4-5-9-23(20)38-30(21)22(15-18)32(24-25(33)27(35)29(37)28(36)26(24)34)19-12-10-17(11-13-19)16-6-2-1-3-7-16/h1-15,33-37H. The third-order valence-corrected chi connectivity index (χ3v) is 6.92. The van der Waals surface area contributed by atoms with Gasteiger partial charge in [-0.25, -0.2) is 0 Å². The molecule has 0 spiro atoms. The van der Waals surface area contributed by atoms with Crippen LogP contribution in [0.5, 0.6) is 28.7 Å². The molecule has 1 aromatic heterocycles. The van der Waals surface area contributed by atoms with E-state index in [2.05, 4.69) is 15.9 Å². The van der Waals surface area contributed by atoms with Crippen LogP contribution in [0.1, 0.15) is 0 Å². The number of hydrogen-bond acceptors (Lipinski definition) is 7. The first-order valence-corrected chi connectivity index (χ1v) is 12.4. The molecular weight excluding hydrogens is 550 g/mol. The van der Waals surface area contributed by atoms with Crippen LogP contribution in [0.4, 0.5) is 17.1 Å². The highest BCUT2D eigenvalue weighted by Crippen LogP contribution is 2.59. The van der Waals surface area contributed by atoms with Crippen LogP contribution in [0.2, 0.25) is 0 Å². The molecule has 1 heterocycles. The summed E-state index contributed by atoms with van der Waals surface area (Å²) in [5.74, 6) is -4.64. The maximum absolute atomic E-state index is 10.9. The molecule has 188 valence electrons. The van der Waals surface area contributed by atoms with Crippen LogP contribution in [0, 0.1) is 0 Å². The Morgan fingerprint density at radius 1 is 0.579 bits per heavy atom. The van der Waals surface area contributed by atoms with Crippen molar-refractivity contribution in [2.45, 2.75) is 0 Å². The minimum absolute atomic E-state index is 0.342. The smallest absolute Gasteiger partial charge is 0.208 e. The molecule has 0 saturated carbocycles. The minimum Gasteiger partial charge on any atom is -0.503 e. The van der Waals surface area contributed by atoms with Crippen molar-refractivity contribution in [1.29, 1.82) is 0 Å². The van der Waals surface area contributed by atoms with E-state index in [-0.39, 0.29) is 5.69 Å². The van der Waals surface area contributed by atoms with Gasteiger partial charge >= 0.3 is 0 Å². The molecule has 0 radical (unpaired) electrons. The van der Waals surface area contributed by atoms with Crippen molar-refractivity contribution in [3.8, 4) is 39.9 Å². The van der Waals surface area contributed by atoms with Gasteiger partial charge in [0, 0.05) is 20.9 Å². The number of halogens is 1. The second-order valence-electron chi connectivity index (χ2n) is 8.74. The topological polar surface area (TPSA) is 118 Å². The first kappa shape index (κ1) is 23.6. The number of anilines is 3. The fourth-order valence-electron chi connectivity index (χ4n) is 4.65. The SMILES string of the molecule is Oc1c(O)c(O)c(N(c2ccc(-c3ccccc3)cc2)c2cc(Br)cc3c2oc2ccccc23)c(O)c1O. The van der Waals surface area contributed by atoms with E-state index >= 15 is 0 Å². The Balaban J connectivity index is 1.66. The van der Waals surface area contributed by atoms with Gasteiger partial charge in [-0.15, -0.1) is 0 Å². The van der Waals surface area contributed by atoms with Gasteiger partial charge in [-0.3, -0.25) is 0 Å². The van der Waals surface area contributed by atoms with Gasteiger partial charge in [-0.05, 0) is 41.5 Å². The maximum Gasteiger partial charge on any atom is 0.208 e. The highest BCUT2D eigenvalue weighted by Gasteiger charge is 2.31. The molecule has 38 heavy (non-hydrogen) atoms. The lowest BCUT2D eigenvalue weighted by Gasteiger charge is -2.28. The Kier molecular flexibility index (Phi) is 5.54. The van der Waals surface area contributed by atoms with E-state index in [0.717, 1.165) is 21.9 Å². The second kappa shape index (κ2) is 8.93. The average Bonchev–Trinajstić information content (AvgIpc) is 3.32. The highest BCUT2D eigenvalue weighted by atomic mass is 79.9. The predicted octanol–water partition coefficient (Wildman–Crippen LogP) is 8.01. The maximum atomic E-state index is 10.9. The summed E-state index contributed by atoms with van der Waals surface area (Å²) in [5.41, 5.74) is 3.52. The number of aromatic hydroxyl groups is 5. The molecular formula is C30H20BrNO6. The number of fused-ring (bicyclic) bond motifs is 3. The van der Waals surface area contributed by atoms with Crippen molar-refractivity contribution >= 4 is 54.9 Å². The van der Waals surface area contributed by atoms with Gasteiger partial charge in [-0.1, -0.05) is 76.6 Å². The third-order valence-electron chi connectivity index (χ3n) is 6.47. The quantitative estimate of drug-likeness (QED) is 0.108. The van der Waals surface area contributed by atoms with Crippen molar-refractivity contribution < 1.29 is 29.9 Å². The third kappa shape index (κ3) is 3.65. The number of hydrogen-bond donors (Lipinski definition) is 5. The zero-order chi connectivity index (χ0) is 26.6. The molecule has 5 aromatic carbocycles. The Morgan fingerprint density at radius 3 is 1.84 bits per heavy atom. The summed E-state index contributed by atoms with van der Waals surface area (Å²) in [6.45, 7) is 0. The van der Waals surface area contributed by atoms with Gasteiger partial charge in [0.05, 0.1) is 5.69 Å². The van der Waals surface area contributed by atoms with Crippen molar-refractivity contribution in [2.24, 2.45) is 0 Å². The van der Waals surface area contributed by atoms with Crippen LogP contribution < -0.4 is 4.90 Å². The molecule has 0 atom stereocenters. The van der Waals surface area contributed by atoms with Crippen molar-refractivity contribution in [2.75, 3.05) is 4.90 Å². The second-order valence-corrected chi connectivity index (χ2v) is 9.66. The van der Waals surface area contributed by atoms with E-state index in [4.69, 9.17) is 4.42 Å². The van der Waals surface area contributed by atoms with Crippen LogP contribution in [-0.2, 0) is 0 Å². The van der Waals surface area contributed by atoms with Gasteiger partial charge in [0.15, 0.2) is 17.1 Å². The van der Waals surface area contributed by atoms with E-state index in [1.807, 2.05) is 72.8 Å². The lowest BCUT2D eigenvalue weighted by molar-refractivity contribution is 0.329. The molecule has 8 heteroatoms. The lowest BCUT2D eigenvalue weighted by atomic mass is 10.0. The molecule has 0 fully saturated rings. The first-order chi connectivity index (χ1) is 18.3. The van der Waals surface area contributed by atoms with Crippen molar-refractivity contribution in [1.82, 2.24) is 0 Å². The molecule has 0 amide bonds. The van der Waals surface area contributed by atoms with Crippen molar-refractivity contribution in [3.05, 3.63) is 95.5 Å². The zero-order valence-electron chi connectivity index (χ0n) is 19.6. The number of nitrogens with zero attached hydrogens (tertiary/aromatic N) is 1. The summed E-state index contributed by atoms with van der Waals surface area (Å²) in [7, 11) is 0. The number of furan rings is 1. The van der Waals surface area contributed by atoms with Gasteiger partial charge in [0.1, 0.15) is 11.3 Å². The Hall–Kier alpha value is -4.82. The van der Waals surface area contributed by atoms with Crippen molar-refractivity contribution in [3.63, 3.8) is 0 Å². The molecule has 0 aliphatic heterocycles. The van der Waals surface area contributed by atoms with Gasteiger partial charge in [0.25, 0.3) is 0 Å². The van der Waals surface area contributed by atoms with E-state index in [9.17, 15) is 25.5 Å². The summed E-state index contributed by atoms with van der Waals surface area (Å²) in [6.07, 6.45) is 0. The molecule has 0 bridgehead atoms.